The third-order valence-electron chi connectivity index (χ3n) is 6.99. The van der Waals surface area contributed by atoms with E-state index in [0.29, 0.717) is 35.8 Å². The number of amides is 4. The number of urea groups is 1. The fraction of sp³-hybridized carbons (Fsp3) is 0.417. The standard InChI is InChI=1S/C24H25ClN4O4/c1-27-23(32)28(22(31)24(27)11-3-2-4-12-24)15-21(30)29-19(20-6-5-13-33-20)14-18(26-29)16-7-9-17(25)10-8-16/h5-10,13,19H,2-4,11-12,14-15H2,1H3. The summed E-state index contributed by atoms with van der Waals surface area (Å²) >= 11 is 6.01. The van der Waals surface area contributed by atoms with Gasteiger partial charge in [0.05, 0.1) is 12.0 Å². The van der Waals surface area contributed by atoms with E-state index >= 15 is 0 Å². The van der Waals surface area contributed by atoms with Crippen molar-refractivity contribution in [2.75, 3.05) is 13.6 Å². The molecule has 2 aromatic rings. The second-order valence-corrected chi connectivity index (χ2v) is 9.29. The second-order valence-electron chi connectivity index (χ2n) is 8.85. The van der Waals surface area contributed by atoms with Gasteiger partial charge in [-0.2, -0.15) is 5.10 Å². The number of halogens is 1. The van der Waals surface area contributed by atoms with Crippen LogP contribution >= 0.6 is 11.6 Å². The van der Waals surface area contributed by atoms with Crippen LogP contribution in [0.2, 0.25) is 5.02 Å². The van der Waals surface area contributed by atoms with Crippen LogP contribution in [0.4, 0.5) is 4.79 Å². The van der Waals surface area contributed by atoms with E-state index in [-0.39, 0.29) is 12.5 Å². The van der Waals surface area contributed by atoms with Crippen molar-refractivity contribution in [2.24, 2.45) is 5.10 Å². The van der Waals surface area contributed by atoms with Gasteiger partial charge >= 0.3 is 6.03 Å². The summed E-state index contributed by atoms with van der Waals surface area (Å²) in [6.45, 7) is -0.349. The SMILES string of the molecule is CN1C(=O)N(CC(=O)N2N=C(c3ccc(Cl)cc3)CC2c2ccco2)C(=O)C12CCCCC2. The summed E-state index contributed by atoms with van der Waals surface area (Å²) in [5, 5.41) is 6.53. The molecule has 0 N–H and O–H groups in total. The Morgan fingerprint density at radius 2 is 1.88 bits per heavy atom. The average molecular weight is 469 g/mol. The highest BCUT2D eigenvalue weighted by Gasteiger charge is 2.56. The Hall–Kier alpha value is -3.13. The lowest BCUT2D eigenvalue weighted by molar-refractivity contribution is -0.141. The minimum atomic E-state index is -0.821. The van der Waals surface area contributed by atoms with Crippen LogP contribution < -0.4 is 0 Å². The van der Waals surface area contributed by atoms with Crippen molar-refractivity contribution in [3.05, 3.63) is 59.0 Å². The molecule has 5 rings (SSSR count). The lowest BCUT2D eigenvalue weighted by Gasteiger charge is -2.35. The average Bonchev–Trinajstić information content (AvgIpc) is 3.54. The van der Waals surface area contributed by atoms with E-state index in [1.807, 2.05) is 12.1 Å². The molecule has 33 heavy (non-hydrogen) atoms. The minimum absolute atomic E-state index is 0.279. The van der Waals surface area contributed by atoms with Crippen LogP contribution in [-0.4, -0.2) is 57.5 Å². The Morgan fingerprint density at radius 1 is 1.15 bits per heavy atom. The first-order valence-electron chi connectivity index (χ1n) is 11.2. The maximum atomic E-state index is 13.4. The Kier molecular flexibility index (Phi) is 5.48. The molecule has 3 aliphatic rings. The largest absolute Gasteiger partial charge is 0.467 e. The normalized spacial score (nSPS) is 22.4. The first-order chi connectivity index (χ1) is 15.9. The number of carbonyl (C=O) groups excluding carboxylic acids is 3. The molecule has 1 saturated carbocycles. The Balaban J connectivity index is 1.41. The van der Waals surface area contributed by atoms with Gasteiger partial charge in [-0.25, -0.2) is 9.80 Å². The van der Waals surface area contributed by atoms with Gasteiger partial charge < -0.3 is 9.32 Å². The first-order valence-corrected chi connectivity index (χ1v) is 11.6. The third kappa shape index (κ3) is 3.62. The number of hydrazone groups is 1. The molecule has 1 aromatic heterocycles. The zero-order chi connectivity index (χ0) is 23.2. The van der Waals surface area contributed by atoms with Crippen molar-refractivity contribution in [3.63, 3.8) is 0 Å². The van der Waals surface area contributed by atoms with E-state index in [1.165, 1.54) is 9.91 Å². The molecular formula is C24H25ClN4O4. The van der Waals surface area contributed by atoms with E-state index in [4.69, 9.17) is 16.0 Å². The number of imide groups is 1. The van der Waals surface area contributed by atoms with Crippen LogP contribution in [0.25, 0.3) is 0 Å². The Morgan fingerprint density at radius 3 is 2.55 bits per heavy atom. The van der Waals surface area contributed by atoms with Gasteiger partial charge in [0.2, 0.25) is 0 Å². The van der Waals surface area contributed by atoms with Crippen molar-refractivity contribution in [1.29, 1.82) is 0 Å². The number of furan rings is 1. The maximum absolute atomic E-state index is 13.4. The van der Waals surface area contributed by atoms with E-state index in [2.05, 4.69) is 5.10 Å². The number of rotatable bonds is 4. The summed E-state index contributed by atoms with van der Waals surface area (Å²) in [7, 11) is 1.66. The lowest BCUT2D eigenvalue weighted by Crippen LogP contribution is -2.49. The number of hydrogen-bond acceptors (Lipinski definition) is 5. The molecule has 1 aromatic carbocycles. The fourth-order valence-corrected chi connectivity index (χ4v) is 5.26. The molecule has 2 fully saturated rings. The lowest BCUT2D eigenvalue weighted by atomic mass is 9.81. The minimum Gasteiger partial charge on any atom is -0.467 e. The van der Waals surface area contributed by atoms with Gasteiger partial charge in [-0.3, -0.25) is 14.5 Å². The monoisotopic (exact) mass is 468 g/mol. The molecule has 1 aliphatic carbocycles. The molecule has 9 heteroatoms. The predicted octanol–water partition coefficient (Wildman–Crippen LogP) is 4.21. The number of likely N-dealkylation sites (N-methyl/N-ethyl adjacent to an activating group) is 1. The quantitative estimate of drug-likeness (QED) is 0.629. The van der Waals surface area contributed by atoms with E-state index in [1.54, 1.807) is 37.6 Å². The zero-order valence-electron chi connectivity index (χ0n) is 18.4. The smallest absolute Gasteiger partial charge is 0.327 e. The summed E-state index contributed by atoms with van der Waals surface area (Å²) in [5.74, 6) is -0.113. The summed E-state index contributed by atoms with van der Waals surface area (Å²) < 4.78 is 5.58. The van der Waals surface area contributed by atoms with Crippen LogP contribution in [0.15, 0.2) is 52.2 Å². The number of hydrogen-bond donors (Lipinski definition) is 0. The molecule has 1 atom stereocenters. The van der Waals surface area contributed by atoms with E-state index < -0.39 is 23.5 Å². The van der Waals surface area contributed by atoms with Crippen LogP contribution in [0, 0.1) is 0 Å². The van der Waals surface area contributed by atoms with Gasteiger partial charge in [-0.15, -0.1) is 0 Å². The number of carbonyl (C=O) groups is 3. The Labute approximate surface area is 196 Å². The topological polar surface area (TPSA) is 86.4 Å². The maximum Gasteiger partial charge on any atom is 0.327 e. The molecule has 4 amide bonds. The van der Waals surface area contributed by atoms with Crippen LogP contribution in [0.3, 0.4) is 0 Å². The van der Waals surface area contributed by atoms with Crippen molar-refractivity contribution in [1.82, 2.24) is 14.8 Å². The van der Waals surface area contributed by atoms with Crippen LogP contribution in [0.5, 0.6) is 0 Å². The third-order valence-corrected chi connectivity index (χ3v) is 7.24. The van der Waals surface area contributed by atoms with Gasteiger partial charge in [0.1, 0.15) is 23.9 Å². The fourth-order valence-electron chi connectivity index (χ4n) is 5.14. The number of benzene rings is 1. The van der Waals surface area contributed by atoms with Crippen molar-refractivity contribution >= 4 is 35.2 Å². The van der Waals surface area contributed by atoms with Crippen molar-refractivity contribution in [3.8, 4) is 0 Å². The predicted molar refractivity (Wildman–Crippen MR) is 122 cm³/mol. The highest BCUT2D eigenvalue weighted by Crippen LogP contribution is 2.40. The van der Waals surface area contributed by atoms with Crippen molar-refractivity contribution < 1.29 is 18.8 Å². The summed E-state index contributed by atoms with van der Waals surface area (Å²) in [6, 6.07) is 9.92. The first kappa shape index (κ1) is 21.7. The van der Waals surface area contributed by atoms with Gasteiger partial charge in [0.25, 0.3) is 11.8 Å². The van der Waals surface area contributed by atoms with Gasteiger partial charge in [-0.05, 0) is 42.7 Å². The molecule has 8 nitrogen and oxygen atoms in total. The summed E-state index contributed by atoms with van der Waals surface area (Å²) in [4.78, 5) is 42.3. The summed E-state index contributed by atoms with van der Waals surface area (Å²) in [6.07, 6.45) is 6.11. The molecule has 172 valence electrons. The molecular weight excluding hydrogens is 444 g/mol. The van der Waals surface area contributed by atoms with E-state index in [9.17, 15) is 14.4 Å². The molecule has 1 unspecified atom stereocenters. The van der Waals surface area contributed by atoms with Crippen molar-refractivity contribution in [2.45, 2.75) is 50.1 Å². The van der Waals surface area contributed by atoms with Gasteiger partial charge in [-0.1, -0.05) is 43.0 Å². The van der Waals surface area contributed by atoms with Crippen LogP contribution in [-0.2, 0) is 9.59 Å². The highest BCUT2D eigenvalue weighted by atomic mass is 35.5. The molecule has 3 heterocycles. The van der Waals surface area contributed by atoms with Crippen LogP contribution in [0.1, 0.15) is 55.9 Å². The molecule has 0 bridgehead atoms. The highest BCUT2D eigenvalue weighted by molar-refractivity contribution is 6.30. The summed E-state index contributed by atoms with van der Waals surface area (Å²) in [5.41, 5.74) is 0.737. The molecule has 2 aliphatic heterocycles. The van der Waals surface area contributed by atoms with Gasteiger partial charge in [0, 0.05) is 18.5 Å². The number of nitrogens with zero attached hydrogens (tertiary/aromatic N) is 4. The molecule has 1 saturated heterocycles. The van der Waals surface area contributed by atoms with Gasteiger partial charge in [0.15, 0.2) is 0 Å². The second kappa shape index (κ2) is 8.33. The molecule has 0 radical (unpaired) electrons. The van der Waals surface area contributed by atoms with E-state index in [0.717, 1.165) is 29.7 Å². The Bertz CT molecular complexity index is 1110. The zero-order valence-corrected chi connectivity index (χ0v) is 19.1. The molecule has 1 spiro atoms.